The minimum absolute atomic E-state index is 0.217. The molecule has 2 aromatic rings. The summed E-state index contributed by atoms with van der Waals surface area (Å²) in [5.41, 5.74) is 7.40. The molecule has 7 heteroatoms. The van der Waals surface area contributed by atoms with Crippen LogP contribution in [0.2, 0.25) is 0 Å². The first-order chi connectivity index (χ1) is 9.67. The molecule has 0 aromatic carbocycles. The SMILES string of the molecule is CNC(=O)c1c(NCc2ccncc2)sc(C#N)c1N. The number of nitrogens with zero attached hydrogens (tertiary/aromatic N) is 2. The number of nitrogens with two attached hydrogens (primary N) is 1. The fourth-order valence-electron chi connectivity index (χ4n) is 1.68. The van der Waals surface area contributed by atoms with Gasteiger partial charge < -0.3 is 16.4 Å². The molecule has 20 heavy (non-hydrogen) atoms. The summed E-state index contributed by atoms with van der Waals surface area (Å²) in [5, 5.41) is 15.3. The van der Waals surface area contributed by atoms with Crippen molar-refractivity contribution in [3.63, 3.8) is 0 Å². The van der Waals surface area contributed by atoms with E-state index < -0.39 is 0 Å². The van der Waals surface area contributed by atoms with E-state index >= 15 is 0 Å². The third-order valence-electron chi connectivity index (χ3n) is 2.70. The molecular weight excluding hydrogens is 274 g/mol. The summed E-state index contributed by atoms with van der Waals surface area (Å²) >= 11 is 1.18. The number of amides is 1. The van der Waals surface area contributed by atoms with Gasteiger partial charge in [-0.05, 0) is 17.7 Å². The van der Waals surface area contributed by atoms with E-state index in [1.165, 1.54) is 18.4 Å². The molecule has 0 unspecified atom stereocenters. The van der Waals surface area contributed by atoms with Gasteiger partial charge in [0.05, 0.1) is 11.3 Å². The molecule has 2 heterocycles. The van der Waals surface area contributed by atoms with Gasteiger partial charge in [-0.1, -0.05) is 0 Å². The third kappa shape index (κ3) is 2.70. The molecular formula is C13H13N5OS. The molecule has 0 saturated heterocycles. The Kier molecular flexibility index (Phi) is 4.17. The molecule has 0 aliphatic carbocycles. The molecule has 0 radical (unpaired) electrons. The quantitative estimate of drug-likeness (QED) is 0.791. The summed E-state index contributed by atoms with van der Waals surface area (Å²) in [4.78, 5) is 16.1. The van der Waals surface area contributed by atoms with Gasteiger partial charge in [0.2, 0.25) is 0 Å². The highest BCUT2D eigenvalue weighted by Crippen LogP contribution is 2.35. The number of hydrogen-bond donors (Lipinski definition) is 3. The molecule has 6 nitrogen and oxygen atoms in total. The van der Waals surface area contributed by atoms with Crippen molar-refractivity contribution in [2.24, 2.45) is 0 Å². The van der Waals surface area contributed by atoms with E-state index in [9.17, 15) is 4.79 Å². The molecule has 4 N–H and O–H groups in total. The third-order valence-corrected chi connectivity index (χ3v) is 3.77. The average Bonchev–Trinajstić information content (AvgIpc) is 2.81. The van der Waals surface area contributed by atoms with Gasteiger partial charge in [-0.15, -0.1) is 11.3 Å². The lowest BCUT2D eigenvalue weighted by Crippen LogP contribution is -2.20. The molecule has 102 valence electrons. The van der Waals surface area contributed by atoms with Crippen LogP contribution in [0.3, 0.4) is 0 Å². The lowest BCUT2D eigenvalue weighted by Gasteiger charge is -2.07. The monoisotopic (exact) mass is 287 g/mol. The molecule has 0 saturated carbocycles. The molecule has 1 amide bonds. The van der Waals surface area contributed by atoms with E-state index in [-0.39, 0.29) is 11.6 Å². The number of nitrogens with one attached hydrogen (secondary N) is 2. The zero-order valence-corrected chi connectivity index (χ0v) is 11.6. The topological polar surface area (TPSA) is 104 Å². The standard InChI is InChI=1S/C13H13N5OS/c1-16-12(19)10-11(15)9(6-14)20-13(10)18-7-8-2-4-17-5-3-8/h2-5,18H,7,15H2,1H3,(H,16,19). The molecule has 2 aromatic heterocycles. The summed E-state index contributed by atoms with van der Waals surface area (Å²) in [6.07, 6.45) is 3.39. The van der Waals surface area contributed by atoms with Crippen LogP contribution in [0.1, 0.15) is 20.8 Å². The highest BCUT2D eigenvalue weighted by molar-refractivity contribution is 7.17. The van der Waals surface area contributed by atoms with Crippen LogP contribution in [0.15, 0.2) is 24.5 Å². The molecule has 0 bridgehead atoms. The minimum atomic E-state index is -0.308. The number of carbonyl (C=O) groups is 1. The number of nitrogen functional groups attached to an aromatic ring is 1. The number of aromatic nitrogens is 1. The molecule has 0 aliphatic rings. The smallest absolute Gasteiger partial charge is 0.256 e. The van der Waals surface area contributed by atoms with E-state index in [0.29, 0.717) is 22.0 Å². The van der Waals surface area contributed by atoms with Crippen LogP contribution in [-0.4, -0.2) is 17.9 Å². The lowest BCUT2D eigenvalue weighted by molar-refractivity contribution is 0.0965. The Bertz CT molecular complexity index is 659. The maximum Gasteiger partial charge on any atom is 0.256 e. The maximum atomic E-state index is 11.9. The van der Waals surface area contributed by atoms with Crippen LogP contribution in [0.5, 0.6) is 0 Å². The van der Waals surface area contributed by atoms with Gasteiger partial charge in [-0.25, -0.2) is 0 Å². The average molecular weight is 287 g/mol. The number of pyridine rings is 1. The van der Waals surface area contributed by atoms with Crippen LogP contribution in [-0.2, 0) is 6.54 Å². The van der Waals surface area contributed by atoms with Crippen molar-refractivity contribution < 1.29 is 4.79 Å². The number of hydrogen-bond acceptors (Lipinski definition) is 6. The van der Waals surface area contributed by atoms with Crippen molar-refractivity contribution in [2.45, 2.75) is 6.54 Å². The Labute approximate surface area is 120 Å². The molecule has 2 rings (SSSR count). The number of rotatable bonds is 4. The van der Waals surface area contributed by atoms with Crippen LogP contribution in [0, 0.1) is 11.3 Å². The number of carbonyl (C=O) groups excluding carboxylic acids is 1. The van der Waals surface area contributed by atoms with Gasteiger partial charge in [0.1, 0.15) is 15.9 Å². The molecule has 0 atom stereocenters. The summed E-state index contributed by atoms with van der Waals surface area (Å²) in [5.74, 6) is -0.308. The van der Waals surface area contributed by atoms with E-state index in [4.69, 9.17) is 11.0 Å². The van der Waals surface area contributed by atoms with Gasteiger partial charge in [0, 0.05) is 26.0 Å². The van der Waals surface area contributed by atoms with Crippen LogP contribution >= 0.6 is 11.3 Å². The summed E-state index contributed by atoms with van der Waals surface area (Å²) in [6, 6.07) is 5.74. The predicted molar refractivity (Wildman–Crippen MR) is 78.4 cm³/mol. The highest BCUT2D eigenvalue weighted by atomic mass is 32.1. The summed E-state index contributed by atoms with van der Waals surface area (Å²) in [6.45, 7) is 0.525. The summed E-state index contributed by atoms with van der Waals surface area (Å²) < 4.78 is 0. The van der Waals surface area contributed by atoms with Gasteiger partial charge in [-0.2, -0.15) is 5.26 Å². The van der Waals surface area contributed by atoms with Gasteiger partial charge in [0.25, 0.3) is 5.91 Å². The van der Waals surface area contributed by atoms with Gasteiger partial charge in [0.15, 0.2) is 0 Å². The predicted octanol–water partition coefficient (Wildman–Crippen LogP) is 1.57. The molecule has 0 fully saturated rings. The fraction of sp³-hybridized carbons (Fsp3) is 0.154. The van der Waals surface area contributed by atoms with Crippen LogP contribution < -0.4 is 16.4 Å². The molecule has 0 aliphatic heterocycles. The van der Waals surface area contributed by atoms with E-state index in [1.807, 2.05) is 18.2 Å². The zero-order valence-electron chi connectivity index (χ0n) is 10.8. The van der Waals surface area contributed by atoms with E-state index in [0.717, 1.165) is 5.56 Å². The normalized spacial score (nSPS) is 9.80. The first kappa shape index (κ1) is 13.8. The Morgan fingerprint density at radius 1 is 1.50 bits per heavy atom. The zero-order chi connectivity index (χ0) is 14.5. The van der Waals surface area contributed by atoms with Gasteiger partial charge in [-0.3, -0.25) is 9.78 Å². The highest BCUT2D eigenvalue weighted by Gasteiger charge is 2.21. The van der Waals surface area contributed by atoms with Crippen LogP contribution in [0.4, 0.5) is 10.7 Å². The van der Waals surface area contributed by atoms with Crippen molar-refractivity contribution in [3.05, 3.63) is 40.5 Å². The first-order valence-electron chi connectivity index (χ1n) is 5.84. The Hall–Kier alpha value is -2.59. The second kappa shape index (κ2) is 6.04. The van der Waals surface area contributed by atoms with Crippen molar-refractivity contribution >= 4 is 27.9 Å². The van der Waals surface area contributed by atoms with Gasteiger partial charge >= 0.3 is 0 Å². The van der Waals surface area contributed by atoms with Crippen molar-refractivity contribution in [1.29, 1.82) is 5.26 Å². The van der Waals surface area contributed by atoms with Crippen molar-refractivity contribution in [3.8, 4) is 6.07 Å². The maximum absolute atomic E-state index is 11.9. The van der Waals surface area contributed by atoms with E-state index in [2.05, 4.69) is 15.6 Å². The number of nitriles is 1. The fourth-order valence-corrected chi connectivity index (χ4v) is 2.60. The second-order valence-corrected chi connectivity index (χ2v) is 4.97. The minimum Gasteiger partial charge on any atom is -0.396 e. The number of thiophene rings is 1. The van der Waals surface area contributed by atoms with Crippen LogP contribution in [0.25, 0.3) is 0 Å². The largest absolute Gasteiger partial charge is 0.396 e. The summed E-state index contributed by atoms with van der Waals surface area (Å²) in [7, 11) is 1.53. The number of anilines is 2. The Balaban J connectivity index is 2.27. The van der Waals surface area contributed by atoms with Crippen molar-refractivity contribution in [2.75, 3.05) is 18.1 Å². The van der Waals surface area contributed by atoms with Crippen molar-refractivity contribution in [1.82, 2.24) is 10.3 Å². The second-order valence-electron chi connectivity index (χ2n) is 3.95. The Morgan fingerprint density at radius 3 is 2.80 bits per heavy atom. The lowest BCUT2D eigenvalue weighted by atomic mass is 10.2. The Morgan fingerprint density at radius 2 is 2.20 bits per heavy atom. The molecule has 0 spiro atoms. The first-order valence-corrected chi connectivity index (χ1v) is 6.66. The van der Waals surface area contributed by atoms with E-state index in [1.54, 1.807) is 12.4 Å².